The fourth-order valence-corrected chi connectivity index (χ4v) is 8.13. The van der Waals surface area contributed by atoms with Gasteiger partial charge in [0.1, 0.15) is 8.67 Å². The molecular weight excluding hydrogens is 437 g/mol. The Bertz CT molecular complexity index is 537. The van der Waals surface area contributed by atoms with Gasteiger partial charge < -0.3 is 0 Å². The van der Waals surface area contributed by atoms with Gasteiger partial charge in [0.25, 0.3) is 0 Å². The second kappa shape index (κ2) is 6.73. The van der Waals surface area contributed by atoms with Crippen molar-refractivity contribution < 1.29 is 0 Å². The molecule has 0 aromatic carbocycles. The third-order valence-electron chi connectivity index (χ3n) is 1.65. The van der Waals surface area contributed by atoms with E-state index in [2.05, 4.69) is 0 Å². The molecular formula is C8Cl6S4. The summed E-state index contributed by atoms with van der Waals surface area (Å²) in [6.45, 7) is 0. The molecule has 0 fully saturated rings. The van der Waals surface area contributed by atoms with Crippen LogP contribution in [0.3, 0.4) is 0 Å². The summed E-state index contributed by atoms with van der Waals surface area (Å²) in [5.74, 6) is 0. The summed E-state index contributed by atoms with van der Waals surface area (Å²) in [4.78, 5) is 0. The van der Waals surface area contributed by atoms with Gasteiger partial charge in [0.05, 0.1) is 28.5 Å². The zero-order valence-corrected chi connectivity index (χ0v) is 15.7. The average molecular weight is 437 g/mol. The quantitative estimate of drug-likeness (QED) is 0.442. The van der Waals surface area contributed by atoms with Crippen molar-refractivity contribution >= 4 is 114 Å². The molecule has 0 aliphatic heterocycles. The highest BCUT2D eigenvalue weighted by Crippen LogP contribution is 2.54. The first-order valence-electron chi connectivity index (χ1n) is 4.03. The Kier molecular flexibility index (Phi) is 6.07. The van der Waals surface area contributed by atoms with E-state index in [4.69, 9.17) is 69.6 Å². The van der Waals surface area contributed by atoms with Crippen LogP contribution in [0.4, 0.5) is 0 Å². The molecule has 0 unspecified atom stereocenters. The molecule has 0 aliphatic carbocycles. The van der Waals surface area contributed by atoms with Crippen LogP contribution in [0.15, 0.2) is 8.42 Å². The Morgan fingerprint density at radius 2 is 0.889 bits per heavy atom. The maximum atomic E-state index is 6.03. The highest BCUT2D eigenvalue weighted by Gasteiger charge is 2.18. The van der Waals surface area contributed by atoms with E-state index >= 15 is 0 Å². The predicted octanol–water partition coefficient (Wildman–Crippen LogP) is 8.53. The van der Waals surface area contributed by atoms with Crippen LogP contribution in [0.25, 0.3) is 0 Å². The minimum atomic E-state index is 0.375. The van der Waals surface area contributed by atoms with Gasteiger partial charge in [-0.25, -0.2) is 0 Å². The van der Waals surface area contributed by atoms with Gasteiger partial charge in [0.2, 0.25) is 0 Å². The Balaban J connectivity index is 2.16. The molecule has 0 amide bonds. The second-order valence-electron chi connectivity index (χ2n) is 2.75. The smallest absolute Gasteiger partial charge is 0.113 e. The van der Waals surface area contributed by atoms with Crippen molar-refractivity contribution in [3.8, 4) is 0 Å². The number of halogens is 6. The first-order chi connectivity index (χ1) is 8.41. The highest BCUT2D eigenvalue weighted by atomic mass is 35.5. The Morgan fingerprint density at radius 1 is 0.556 bits per heavy atom. The highest BCUT2D eigenvalue weighted by molar-refractivity contribution is 8.77. The summed E-state index contributed by atoms with van der Waals surface area (Å²) in [7, 11) is 2.83. The Morgan fingerprint density at radius 3 is 1.11 bits per heavy atom. The van der Waals surface area contributed by atoms with Gasteiger partial charge in [-0.3, -0.25) is 0 Å². The molecule has 2 aromatic rings. The van der Waals surface area contributed by atoms with Crippen LogP contribution < -0.4 is 0 Å². The summed E-state index contributed by atoms with van der Waals surface area (Å²) < 4.78 is 2.57. The summed E-state index contributed by atoms with van der Waals surface area (Å²) in [5.41, 5.74) is 0. The molecule has 0 spiro atoms. The maximum absolute atomic E-state index is 6.03. The van der Waals surface area contributed by atoms with Crippen LogP contribution in [-0.4, -0.2) is 0 Å². The lowest BCUT2D eigenvalue weighted by atomic mass is 10.6. The van der Waals surface area contributed by atoms with Crippen molar-refractivity contribution in [3.05, 3.63) is 28.8 Å². The number of rotatable bonds is 3. The van der Waals surface area contributed by atoms with Crippen molar-refractivity contribution in [1.82, 2.24) is 0 Å². The molecule has 0 N–H and O–H groups in total. The third kappa shape index (κ3) is 3.35. The SMILES string of the molecule is Clc1sc(SSc2sc(Cl)c(Cl)c2Cl)c(Cl)c1Cl. The van der Waals surface area contributed by atoms with Crippen LogP contribution >= 0.6 is 114 Å². The zero-order valence-electron chi connectivity index (χ0n) is 7.90. The van der Waals surface area contributed by atoms with Gasteiger partial charge >= 0.3 is 0 Å². The molecule has 0 saturated heterocycles. The fraction of sp³-hybridized carbons (Fsp3) is 0. The molecule has 2 aromatic heterocycles. The molecule has 10 heteroatoms. The van der Waals surface area contributed by atoms with Crippen molar-refractivity contribution in [1.29, 1.82) is 0 Å². The maximum Gasteiger partial charge on any atom is 0.114 e. The molecule has 18 heavy (non-hydrogen) atoms. The minimum absolute atomic E-state index is 0.375. The van der Waals surface area contributed by atoms with Crippen LogP contribution in [0.5, 0.6) is 0 Å². The van der Waals surface area contributed by atoms with Crippen molar-refractivity contribution in [3.63, 3.8) is 0 Å². The van der Waals surface area contributed by atoms with Gasteiger partial charge in [-0.1, -0.05) is 69.6 Å². The minimum Gasteiger partial charge on any atom is -0.113 e. The van der Waals surface area contributed by atoms with Crippen molar-refractivity contribution in [2.45, 2.75) is 8.42 Å². The molecule has 0 atom stereocenters. The molecule has 2 heterocycles. The van der Waals surface area contributed by atoms with Gasteiger partial charge in [0, 0.05) is 0 Å². The van der Waals surface area contributed by atoms with Gasteiger partial charge in [-0.15, -0.1) is 22.7 Å². The third-order valence-corrected chi connectivity index (χ3v) is 10.3. The molecule has 0 aliphatic rings. The summed E-state index contributed by atoms with van der Waals surface area (Å²) in [6, 6.07) is 0. The van der Waals surface area contributed by atoms with Crippen LogP contribution in [-0.2, 0) is 0 Å². The normalized spacial score (nSPS) is 11.2. The van der Waals surface area contributed by atoms with E-state index in [-0.39, 0.29) is 0 Å². The van der Waals surface area contributed by atoms with E-state index in [0.717, 1.165) is 8.42 Å². The molecule has 0 bridgehead atoms. The number of thiophene rings is 2. The molecule has 0 nitrogen and oxygen atoms in total. The first kappa shape index (κ1) is 16.2. The largest absolute Gasteiger partial charge is 0.114 e. The van der Waals surface area contributed by atoms with Crippen LogP contribution in [0.2, 0.25) is 28.8 Å². The van der Waals surface area contributed by atoms with E-state index in [1.807, 2.05) is 0 Å². The van der Waals surface area contributed by atoms with Crippen molar-refractivity contribution in [2.75, 3.05) is 0 Å². The summed E-state index contributed by atoms with van der Waals surface area (Å²) in [5, 5.41) is 1.66. The van der Waals surface area contributed by atoms with Crippen LogP contribution in [0.1, 0.15) is 0 Å². The topological polar surface area (TPSA) is 0 Å². The fourth-order valence-electron chi connectivity index (χ4n) is 0.877. The predicted molar refractivity (Wildman–Crippen MR) is 90.4 cm³/mol. The lowest BCUT2D eigenvalue weighted by Gasteiger charge is -1.96. The van der Waals surface area contributed by atoms with Gasteiger partial charge in [-0.2, -0.15) is 0 Å². The van der Waals surface area contributed by atoms with E-state index in [1.165, 1.54) is 44.3 Å². The van der Waals surface area contributed by atoms with E-state index in [0.29, 0.717) is 28.8 Å². The second-order valence-corrected chi connectivity index (χ2v) is 10.2. The van der Waals surface area contributed by atoms with E-state index in [1.54, 1.807) is 0 Å². The van der Waals surface area contributed by atoms with E-state index < -0.39 is 0 Å². The lowest BCUT2D eigenvalue weighted by Crippen LogP contribution is -1.61. The standard InChI is InChI=1S/C8Cl6S4/c9-1-3(11)7(15-5(1)13)17-18-8-4(12)2(10)6(14)16-8. The molecule has 0 saturated carbocycles. The zero-order chi connectivity index (χ0) is 13.4. The van der Waals surface area contributed by atoms with Gasteiger partial charge in [0.15, 0.2) is 0 Å². The van der Waals surface area contributed by atoms with Gasteiger partial charge in [-0.05, 0) is 21.6 Å². The number of hydrogen-bond donors (Lipinski definition) is 0. The summed E-state index contributed by atoms with van der Waals surface area (Å²) >= 11 is 38.3. The average Bonchev–Trinajstić information content (AvgIpc) is 2.72. The summed E-state index contributed by atoms with van der Waals surface area (Å²) in [6.07, 6.45) is 0. The molecule has 2 rings (SSSR count). The monoisotopic (exact) mass is 434 g/mol. The van der Waals surface area contributed by atoms with Crippen molar-refractivity contribution in [2.24, 2.45) is 0 Å². The molecule has 0 radical (unpaired) electrons. The number of hydrogen-bond acceptors (Lipinski definition) is 4. The Hall–Kier alpha value is 1.84. The van der Waals surface area contributed by atoms with E-state index in [9.17, 15) is 0 Å². The van der Waals surface area contributed by atoms with Crippen LogP contribution in [0, 0.1) is 0 Å². The molecule has 98 valence electrons. The first-order valence-corrected chi connectivity index (χ1v) is 10.1. The Labute approximate surface area is 149 Å². The lowest BCUT2D eigenvalue weighted by molar-refractivity contribution is 1.73.